The molecule has 0 aromatic heterocycles. The Bertz CT molecular complexity index is 1410. The minimum atomic E-state index is -4.12. The van der Waals surface area contributed by atoms with E-state index in [2.05, 4.69) is 10.6 Å². The van der Waals surface area contributed by atoms with Gasteiger partial charge in [-0.25, -0.2) is 0 Å². The van der Waals surface area contributed by atoms with Gasteiger partial charge in [0.05, 0.1) is 7.11 Å². The largest absolute Gasteiger partial charge is 0.497 e. The van der Waals surface area contributed by atoms with Crippen LogP contribution in [-0.4, -0.2) is 59.7 Å². The number of anilines is 1. The van der Waals surface area contributed by atoms with Crippen molar-refractivity contribution in [1.82, 2.24) is 10.2 Å². The lowest BCUT2D eigenvalue weighted by Gasteiger charge is -2.26. The van der Waals surface area contributed by atoms with E-state index in [-0.39, 0.29) is 24.1 Å². The van der Waals surface area contributed by atoms with Gasteiger partial charge in [0.2, 0.25) is 13.3 Å². The van der Waals surface area contributed by atoms with Crippen molar-refractivity contribution >= 4 is 30.8 Å². The minimum Gasteiger partial charge on any atom is -0.497 e. The van der Waals surface area contributed by atoms with Crippen LogP contribution in [0.4, 0.5) is 5.69 Å². The molecule has 3 amide bonds. The SMILES string of the molecule is CCCN(CCC)C(=O)c1cccc(C(=O)N[C@@H](Cc2ccccc2)P(=O)(O)CC(C)C(=O)Nc2ccc(OC)cc2)c1. The number of nitrogens with zero attached hydrogens (tertiary/aromatic N) is 1. The Balaban J connectivity index is 1.79. The van der Waals surface area contributed by atoms with Crippen LogP contribution in [0.15, 0.2) is 78.9 Å². The molecule has 0 spiro atoms. The average Bonchev–Trinajstić information content (AvgIpc) is 3.01. The van der Waals surface area contributed by atoms with Gasteiger partial charge in [0.25, 0.3) is 11.8 Å². The van der Waals surface area contributed by atoms with Crippen LogP contribution < -0.4 is 15.4 Å². The van der Waals surface area contributed by atoms with Crippen LogP contribution in [-0.2, 0) is 15.8 Å². The zero-order valence-electron chi connectivity index (χ0n) is 25.3. The Hall–Kier alpha value is -3.94. The Labute approximate surface area is 254 Å². The number of amides is 3. The molecule has 3 aromatic rings. The summed E-state index contributed by atoms with van der Waals surface area (Å²) in [4.78, 5) is 52.6. The maximum atomic E-state index is 13.8. The number of benzene rings is 3. The van der Waals surface area contributed by atoms with Crippen molar-refractivity contribution < 1.29 is 28.6 Å². The van der Waals surface area contributed by atoms with Crippen LogP contribution >= 0.6 is 7.37 Å². The van der Waals surface area contributed by atoms with Gasteiger partial charge >= 0.3 is 0 Å². The highest BCUT2D eigenvalue weighted by Gasteiger charge is 2.36. The molecule has 9 nitrogen and oxygen atoms in total. The molecule has 0 fully saturated rings. The summed E-state index contributed by atoms with van der Waals surface area (Å²) < 4.78 is 19.0. The molecular weight excluding hydrogens is 565 g/mol. The molecule has 43 heavy (non-hydrogen) atoms. The summed E-state index contributed by atoms with van der Waals surface area (Å²) in [5.74, 6) is -2.49. The highest BCUT2D eigenvalue weighted by Crippen LogP contribution is 2.48. The lowest BCUT2D eigenvalue weighted by Crippen LogP contribution is -2.38. The van der Waals surface area contributed by atoms with E-state index < -0.39 is 30.9 Å². The van der Waals surface area contributed by atoms with E-state index in [1.165, 1.54) is 6.07 Å². The zero-order valence-corrected chi connectivity index (χ0v) is 26.2. The van der Waals surface area contributed by atoms with Gasteiger partial charge in [0.1, 0.15) is 11.5 Å². The molecule has 230 valence electrons. The summed E-state index contributed by atoms with van der Waals surface area (Å²) in [5, 5.41) is 5.52. The molecule has 3 aromatic carbocycles. The zero-order chi connectivity index (χ0) is 31.4. The fourth-order valence-electron chi connectivity index (χ4n) is 4.74. The summed E-state index contributed by atoms with van der Waals surface area (Å²) >= 11 is 0. The first-order chi connectivity index (χ1) is 20.6. The molecule has 3 atom stereocenters. The predicted molar refractivity (Wildman–Crippen MR) is 170 cm³/mol. The number of hydrogen-bond donors (Lipinski definition) is 3. The third kappa shape index (κ3) is 9.80. The third-order valence-electron chi connectivity index (χ3n) is 7.04. The van der Waals surface area contributed by atoms with Gasteiger partial charge in [0.15, 0.2) is 0 Å². The van der Waals surface area contributed by atoms with Crippen molar-refractivity contribution in [3.8, 4) is 5.75 Å². The number of methoxy groups -OCH3 is 1. The van der Waals surface area contributed by atoms with Gasteiger partial charge in [-0.3, -0.25) is 18.9 Å². The van der Waals surface area contributed by atoms with E-state index in [9.17, 15) is 23.8 Å². The van der Waals surface area contributed by atoms with Crippen LogP contribution in [0.1, 0.15) is 59.9 Å². The Morgan fingerprint density at radius 3 is 2.14 bits per heavy atom. The normalized spacial score (nSPS) is 13.7. The van der Waals surface area contributed by atoms with E-state index >= 15 is 0 Å². The number of nitrogens with one attached hydrogen (secondary N) is 2. The van der Waals surface area contributed by atoms with E-state index in [0.29, 0.717) is 30.1 Å². The van der Waals surface area contributed by atoms with Crippen LogP contribution in [0, 0.1) is 5.92 Å². The van der Waals surface area contributed by atoms with Crippen molar-refractivity contribution in [3.63, 3.8) is 0 Å². The quantitative estimate of drug-likeness (QED) is 0.188. The average molecular weight is 608 g/mol. The third-order valence-corrected chi connectivity index (χ3v) is 9.40. The molecule has 0 aliphatic rings. The van der Waals surface area contributed by atoms with Crippen LogP contribution in [0.25, 0.3) is 0 Å². The minimum absolute atomic E-state index is 0.0899. The predicted octanol–water partition coefficient (Wildman–Crippen LogP) is 5.80. The van der Waals surface area contributed by atoms with E-state index in [1.54, 1.807) is 61.4 Å². The lowest BCUT2D eigenvalue weighted by atomic mass is 10.1. The Morgan fingerprint density at radius 1 is 0.907 bits per heavy atom. The number of hydrogen-bond acceptors (Lipinski definition) is 5. The van der Waals surface area contributed by atoms with Gasteiger partial charge in [-0.05, 0) is 60.9 Å². The molecular formula is C33H42N3O6P. The van der Waals surface area contributed by atoms with Crippen LogP contribution in [0.5, 0.6) is 5.75 Å². The second-order valence-corrected chi connectivity index (χ2v) is 13.1. The molecule has 0 radical (unpaired) electrons. The number of carbonyl (C=O) groups is 3. The monoisotopic (exact) mass is 607 g/mol. The van der Waals surface area contributed by atoms with E-state index in [0.717, 1.165) is 18.4 Å². The highest BCUT2D eigenvalue weighted by atomic mass is 31.2. The maximum absolute atomic E-state index is 13.8. The molecule has 0 saturated heterocycles. The summed E-state index contributed by atoms with van der Waals surface area (Å²) in [7, 11) is -2.58. The molecule has 0 heterocycles. The fourth-order valence-corrected chi connectivity index (χ4v) is 6.76. The molecule has 0 aliphatic carbocycles. The second-order valence-electron chi connectivity index (χ2n) is 10.6. The van der Waals surface area contributed by atoms with Gasteiger partial charge in [-0.2, -0.15) is 0 Å². The van der Waals surface area contributed by atoms with E-state index in [1.807, 2.05) is 44.2 Å². The molecule has 3 rings (SSSR count). The van der Waals surface area contributed by atoms with Gasteiger partial charge in [-0.1, -0.05) is 57.2 Å². The molecule has 0 bridgehead atoms. The molecule has 0 saturated carbocycles. The first kappa shape index (κ1) is 33.6. The molecule has 2 unspecified atom stereocenters. The Morgan fingerprint density at radius 2 is 1.53 bits per heavy atom. The highest BCUT2D eigenvalue weighted by molar-refractivity contribution is 7.58. The standard InChI is InChI=1S/C33H42N3O6P/c1-5-19-36(20-6-2)33(39)27-14-10-13-26(22-27)32(38)35-30(21-25-11-8-7-9-12-25)43(40,41)23-24(3)31(37)34-28-15-17-29(42-4)18-16-28/h7-18,22,24,30H,5-6,19-21,23H2,1-4H3,(H,34,37)(H,35,38)(H,40,41)/t24?,30-/m1/s1. The summed E-state index contributed by atoms with van der Waals surface area (Å²) in [6.45, 7) is 6.81. The summed E-state index contributed by atoms with van der Waals surface area (Å²) in [6, 6.07) is 22.3. The number of ether oxygens (including phenoxy) is 1. The molecule has 3 N–H and O–H groups in total. The first-order valence-electron chi connectivity index (χ1n) is 14.6. The lowest BCUT2D eigenvalue weighted by molar-refractivity contribution is -0.118. The maximum Gasteiger partial charge on any atom is 0.253 e. The topological polar surface area (TPSA) is 125 Å². The Kier molecular flexibility index (Phi) is 12.5. The number of rotatable bonds is 15. The summed E-state index contributed by atoms with van der Waals surface area (Å²) in [6.07, 6.45) is 1.38. The van der Waals surface area contributed by atoms with Gasteiger partial charge < -0.3 is 25.2 Å². The fraction of sp³-hybridized carbons (Fsp3) is 0.364. The van der Waals surface area contributed by atoms with Crippen molar-refractivity contribution in [3.05, 3.63) is 95.6 Å². The van der Waals surface area contributed by atoms with Gasteiger partial charge in [0, 0.05) is 48.4 Å². The van der Waals surface area contributed by atoms with Crippen molar-refractivity contribution in [2.75, 3.05) is 31.7 Å². The van der Waals surface area contributed by atoms with Crippen molar-refractivity contribution in [2.45, 2.75) is 45.8 Å². The first-order valence-corrected chi connectivity index (χ1v) is 16.5. The van der Waals surface area contributed by atoms with Crippen LogP contribution in [0.3, 0.4) is 0 Å². The van der Waals surface area contributed by atoms with E-state index in [4.69, 9.17) is 4.74 Å². The van der Waals surface area contributed by atoms with Gasteiger partial charge in [-0.15, -0.1) is 0 Å². The van der Waals surface area contributed by atoms with Crippen molar-refractivity contribution in [2.24, 2.45) is 5.92 Å². The molecule has 10 heteroatoms. The second kappa shape index (κ2) is 16.1. The summed E-state index contributed by atoms with van der Waals surface area (Å²) in [5.41, 5.74) is 1.88. The number of carbonyl (C=O) groups excluding carboxylic acids is 3. The van der Waals surface area contributed by atoms with Crippen LogP contribution in [0.2, 0.25) is 0 Å². The molecule has 0 aliphatic heterocycles. The van der Waals surface area contributed by atoms with Crippen molar-refractivity contribution in [1.29, 1.82) is 0 Å². The smallest absolute Gasteiger partial charge is 0.253 e.